The van der Waals surface area contributed by atoms with Crippen LogP contribution in [0.4, 0.5) is 5.82 Å². The molecule has 1 aliphatic rings. The van der Waals surface area contributed by atoms with Gasteiger partial charge in [0.15, 0.2) is 0 Å². The highest BCUT2D eigenvalue weighted by Crippen LogP contribution is 2.26. The number of rotatable bonds is 4. The number of nitrogens with two attached hydrogens (primary N) is 1. The van der Waals surface area contributed by atoms with Crippen LogP contribution in [0.2, 0.25) is 0 Å². The van der Waals surface area contributed by atoms with Gasteiger partial charge in [-0.05, 0) is 30.9 Å². The number of pyridine rings is 1. The zero-order chi connectivity index (χ0) is 13.7. The summed E-state index contributed by atoms with van der Waals surface area (Å²) in [5.74, 6) is -0.254. The number of amides is 2. The van der Waals surface area contributed by atoms with Crippen LogP contribution in [0.15, 0.2) is 18.3 Å². The number of primary amides is 1. The number of aromatic nitrogens is 1. The molecule has 0 aromatic carbocycles. The van der Waals surface area contributed by atoms with E-state index in [0.29, 0.717) is 5.92 Å². The minimum Gasteiger partial charge on any atom is -0.365 e. The molecule has 19 heavy (non-hydrogen) atoms. The maximum Gasteiger partial charge on any atom is 0.252 e. The van der Waals surface area contributed by atoms with Gasteiger partial charge >= 0.3 is 0 Å². The first-order valence-electron chi connectivity index (χ1n) is 6.57. The first-order valence-corrected chi connectivity index (χ1v) is 6.57. The van der Waals surface area contributed by atoms with Crippen LogP contribution in [0, 0.1) is 12.3 Å². The van der Waals surface area contributed by atoms with Gasteiger partial charge in [0.2, 0.25) is 5.91 Å². The monoisotopic (exact) mass is 260 g/mol. The number of nitrogens with zero attached hydrogens (tertiary/aromatic N) is 1. The Kier molecular flexibility index (Phi) is 4.49. The van der Waals surface area contributed by atoms with Crippen molar-refractivity contribution >= 4 is 17.6 Å². The molecule has 2 amide bonds. The fraction of sp³-hybridized carbons (Fsp3) is 0.429. The predicted octanol–water partition coefficient (Wildman–Crippen LogP) is 1.90. The summed E-state index contributed by atoms with van der Waals surface area (Å²) in [6, 6.07) is 3.16. The van der Waals surface area contributed by atoms with Crippen molar-refractivity contribution in [2.45, 2.75) is 32.1 Å². The molecular weight excluding hydrogens is 242 g/mol. The summed E-state index contributed by atoms with van der Waals surface area (Å²) in [7, 11) is 0. The highest BCUT2D eigenvalue weighted by Gasteiger charge is 2.19. The minimum absolute atomic E-state index is 0.215. The molecule has 1 aromatic rings. The molecule has 1 aromatic heterocycles. The Morgan fingerprint density at radius 1 is 1.32 bits per heavy atom. The van der Waals surface area contributed by atoms with Crippen LogP contribution < -0.4 is 11.1 Å². The molecule has 5 heteroatoms. The lowest BCUT2D eigenvalue weighted by Crippen LogP contribution is -2.22. The van der Waals surface area contributed by atoms with Gasteiger partial charge in [-0.3, -0.25) is 9.59 Å². The fourth-order valence-corrected chi connectivity index (χ4v) is 2.38. The number of nitrogens with one attached hydrogen (secondary N) is 1. The van der Waals surface area contributed by atoms with E-state index in [9.17, 15) is 9.59 Å². The minimum atomic E-state index is -0.596. The normalized spacial score (nSPS) is 16.0. The number of hydrogen-bond acceptors (Lipinski definition) is 3. The van der Waals surface area contributed by atoms with E-state index in [1.807, 2.05) is 0 Å². The lowest BCUT2D eigenvalue weighted by Gasteiger charge is -2.20. The highest BCUT2D eigenvalue weighted by atomic mass is 16.2. The summed E-state index contributed by atoms with van der Waals surface area (Å²) < 4.78 is 0. The second-order valence-corrected chi connectivity index (χ2v) is 4.82. The first-order chi connectivity index (χ1) is 9.16. The Balaban J connectivity index is 1.96. The third-order valence-corrected chi connectivity index (χ3v) is 3.35. The van der Waals surface area contributed by atoms with Crippen molar-refractivity contribution in [3.63, 3.8) is 0 Å². The lowest BCUT2D eigenvalue weighted by molar-refractivity contribution is -0.113. The SMILES string of the molecule is NC(=O)c1cccnc1NC(=O)[CH]C1CCCCC1. The fourth-order valence-electron chi connectivity index (χ4n) is 2.38. The van der Waals surface area contributed by atoms with Crippen LogP contribution in [0.25, 0.3) is 0 Å². The maximum atomic E-state index is 11.9. The smallest absolute Gasteiger partial charge is 0.252 e. The standard InChI is InChI=1S/C14H18N3O2/c15-13(19)11-7-4-8-16-14(11)17-12(18)9-10-5-2-1-3-6-10/h4,7-10H,1-3,5-6H2,(H2,15,19)(H,16,17,18). The Morgan fingerprint density at radius 2 is 2.05 bits per heavy atom. The second-order valence-electron chi connectivity index (χ2n) is 4.82. The maximum absolute atomic E-state index is 11.9. The van der Waals surface area contributed by atoms with Crippen molar-refractivity contribution in [1.82, 2.24) is 4.98 Å². The van der Waals surface area contributed by atoms with Crippen LogP contribution in [-0.4, -0.2) is 16.8 Å². The molecule has 0 atom stereocenters. The summed E-state index contributed by atoms with van der Waals surface area (Å²) in [6.45, 7) is 0. The summed E-state index contributed by atoms with van der Waals surface area (Å²) >= 11 is 0. The van der Waals surface area contributed by atoms with E-state index >= 15 is 0 Å². The average Bonchev–Trinajstić information content (AvgIpc) is 2.40. The Labute approximate surface area is 112 Å². The average molecular weight is 260 g/mol. The van der Waals surface area contributed by atoms with E-state index in [2.05, 4.69) is 10.3 Å². The van der Waals surface area contributed by atoms with E-state index < -0.39 is 5.91 Å². The molecule has 5 nitrogen and oxygen atoms in total. The van der Waals surface area contributed by atoms with Gasteiger partial charge < -0.3 is 11.1 Å². The van der Waals surface area contributed by atoms with Crippen molar-refractivity contribution in [2.24, 2.45) is 11.7 Å². The topological polar surface area (TPSA) is 85.1 Å². The molecule has 101 valence electrons. The first kappa shape index (κ1) is 13.5. The second kappa shape index (κ2) is 6.31. The zero-order valence-electron chi connectivity index (χ0n) is 10.8. The molecule has 2 rings (SSSR count). The Bertz CT molecular complexity index is 468. The summed E-state index contributed by atoms with van der Waals surface area (Å²) in [4.78, 5) is 27.1. The third-order valence-electron chi connectivity index (χ3n) is 3.35. The molecular formula is C14H18N3O2. The van der Waals surface area contributed by atoms with Crippen LogP contribution in [-0.2, 0) is 4.79 Å². The van der Waals surface area contributed by atoms with Crippen LogP contribution in [0.3, 0.4) is 0 Å². The van der Waals surface area contributed by atoms with Gasteiger partial charge in [-0.2, -0.15) is 0 Å². The molecule has 1 heterocycles. The molecule has 1 radical (unpaired) electrons. The molecule has 0 saturated heterocycles. The van der Waals surface area contributed by atoms with Gasteiger partial charge in [0.1, 0.15) is 5.82 Å². The molecule has 1 aliphatic carbocycles. The van der Waals surface area contributed by atoms with Crippen molar-refractivity contribution in [3.05, 3.63) is 30.3 Å². The molecule has 0 bridgehead atoms. The quantitative estimate of drug-likeness (QED) is 0.867. The van der Waals surface area contributed by atoms with E-state index in [4.69, 9.17) is 5.73 Å². The van der Waals surface area contributed by atoms with Crippen molar-refractivity contribution in [2.75, 3.05) is 5.32 Å². The molecule has 1 fully saturated rings. The number of anilines is 1. The number of carbonyl (C=O) groups excluding carboxylic acids is 2. The Hall–Kier alpha value is -1.91. The largest absolute Gasteiger partial charge is 0.365 e. The third kappa shape index (κ3) is 3.77. The summed E-state index contributed by atoms with van der Waals surface area (Å²) in [6.07, 6.45) is 8.91. The van der Waals surface area contributed by atoms with Gasteiger partial charge in [-0.1, -0.05) is 19.3 Å². The Morgan fingerprint density at radius 3 is 2.74 bits per heavy atom. The van der Waals surface area contributed by atoms with Gasteiger partial charge in [0, 0.05) is 6.20 Å². The van der Waals surface area contributed by atoms with Gasteiger partial charge in [-0.25, -0.2) is 4.98 Å². The predicted molar refractivity (Wildman–Crippen MR) is 72.3 cm³/mol. The lowest BCUT2D eigenvalue weighted by atomic mass is 9.87. The molecule has 1 saturated carbocycles. The van der Waals surface area contributed by atoms with Crippen LogP contribution in [0.1, 0.15) is 42.5 Å². The van der Waals surface area contributed by atoms with Crippen molar-refractivity contribution < 1.29 is 9.59 Å². The van der Waals surface area contributed by atoms with Crippen molar-refractivity contribution in [3.8, 4) is 0 Å². The van der Waals surface area contributed by atoms with Crippen LogP contribution >= 0.6 is 0 Å². The molecule has 0 aliphatic heterocycles. The van der Waals surface area contributed by atoms with E-state index in [0.717, 1.165) is 12.8 Å². The van der Waals surface area contributed by atoms with Gasteiger partial charge in [0.05, 0.1) is 12.0 Å². The van der Waals surface area contributed by atoms with Crippen LogP contribution in [0.5, 0.6) is 0 Å². The van der Waals surface area contributed by atoms with E-state index in [-0.39, 0.29) is 17.3 Å². The summed E-state index contributed by atoms with van der Waals surface area (Å²) in [5, 5.41) is 2.63. The van der Waals surface area contributed by atoms with E-state index in [1.165, 1.54) is 25.5 Å². The van der Waals surface area contributed by atoms with Gasteiger partial charge in [0.25, 0.3) is 5.91 Å². The van der Waals surface area contributed by atoms with E-state index in [1.54, 1.807) is 18.6 Å². The highest BCUT2D eigenvalue weighted by molar-refractivity contribution is 6.04. The molecule has 0 spiro atoms. The number of hydrogen-bond donors (Lipinski definition) is 2. The zero-order valence-corrected chi connectivity index (χ0v) is 10.8. The van der Waals surface area contributed by atoms with Gasteiger partial charge in [-0.15, -0.1) is 0 Å². The molecule has 3 N–H and O–H groups in total. The summed E-state index contributed by atoms with van der Waals surface area (Å²) in [5.41, 5.74) is 5.46. The van der Waals surface area contributed by atoms with Crippen molar-refractivity contribution in [1.29, 1.82) is 0 Å². The molecule has 0 unspecified atom stereocenters. The number of carbonyl (C=O) groups is 2.